The number of ether oxygens (including phenoxy) is 3. The Bertz CT molecular complexity index is 1050. The summed E-state index contributed by atoms with van der Waals surface area (Å²) < 4.78 is 45.0. The summed E-state index contributed by atoms with van der Waals surface area (Å²) in [5.74, 6) is -1.05. The molecule has 4 rings (SSSR count). The zero-order chi connectivity index (χ0) is 25.0. The van der Waals surface area contributed by atoms with E-state index in [0.29, 0.717) is 54.1 Å². The SMILES string of the molecule is COc1nc(C)cc(-c2ccc(NC3(C(=O)O)CCOCC3)cc2COC2CCCC2)c1C(F)F. The van der Waals surface area contributed by atoms with Gasteiger partial charge in [-0.05, 0) is 54.7 Å². The number of halogens is 2. The molecule has 1 saturated carbocycles. The number of carbonyl (C=O) groups is 1. The molecule has 35 heavy (non-hydrogen) atoms. The van der Waals surface area contributed by atoms with Gasteiger partial charge < -0.3 is 24.6 Å². The number of aliphatic carboxylic acids is 1. The number of methoxy groups -OCH3 is 1. The summed E-state index contributed by atoms with van der Waals surface area (Å²) in [6.07, 6.45) is 2.16. The predicted molar refractivity (Wildman–Crippen MR) is 127 cm³/mol. The number of hydrogen-bond donors (Lipinski definition) is 2. The van der Waals surface area contributed by atoms with E-state index in [-0.39, 0.29) is 24.2 Å². The molecule has 0 bridgehead atoms. The third-order valence-electron chi connectivity index (χ3n) is 6.87. The molecule has 1 saturated heterocycles. The highest BCUT2D eigenvalue weighted by molar-refractivity contribution is 5.83. The van der Waals surface area contributed by atoms with E-state index < -0.39 is 17.9 Å². The van der Waals surface area contributed by atoms with E-state index in [2.05, 4.69) is 10.3 Å². The van der Waals surface area contributed by atoms with Crippen LogP contribution in [0.3, 0.4) is 0 Å². The van der Waals surface area contributed by atoms with Gasteiger partial charge >= 0.3 is 5.97 Å². The topological polar surface area (TPSA) is 89.9 Å². The minimum absolute atomic E-state index is 0.105. The van der Waals surface area contributed by atoms with Crippen LogP contribution in [0.5, 0.6) is 5.88 Å². The summed E-state index contributed by atoms with van der Waals surface area (Å²) >= 11 is 0. The fourth-order valence-corrected chi connectivity index (χ4v) is 4.95. The number of aromatic nitrogens is 1. The fourth-order valence-electron chi connectivity index (χ4n) is 4.95. The lowest BCUT2D eigenvalue weighted by Crippen LogP contribution is -2.50. The second-order valence-corrected chi connectivity index (χ2v) is 9.25. The molecule has 2 aromatic rings. The van der Waals surface area contributed by atoms with Gasteiger partial charge in [-0.1, -0.05) is 18.9 Å². The Kier molecular flexibility index (Phi) is 7.86. The van der Waals surface area contributed by atoms with Crippen LogP contribution in [0.15, 0.2) is 24.3 Å². The van der Waals surface area contributed by atoms with E-state index in [4.69, 9.17) is 14.2 Å². The van der Waals surface area contributed by atoms with Gasteiger partial charge in [0.15, 0.2) is 0 Å². The molecular weight excluding hydrogens is 458 g/mol. The van der Waals surface area contributed by atoms with Gasteiger partial charge in [-0.15, -0.1) is 0 Å². The lowest BCUT2D eigenvalue weighted by Gasteiger charge is -2.35. The molecular formula is C26H32F2N2O5. The maximum absolute atomic E-state index is 14.1. The Morgan fingerprint density at radius 3 is 2.57 bits per heavy atom. The van der Waals surface area contributed by atoms with Crippen LogP contribution in [0.1, 0.15) is 61.8 Å². The Balaban J connectivity index is 1.76. The summed E-state index contributed by atoms with van der Waals surface area (Å²) in [4.78, 5) is 16.3. The molecule has 0 atom stereocenters. The van der Waals surface area contributed by atoms with Crippen LogP contribution in [0.25, 0.3) is 11.1 Å². The molecule has 1 aromatic carbocycles. The van der Waals surface area contributed by atoms with Crippen molar-refractivity contribution in [2.24, 2.45) is 0 Å². The van der Waals surface area contributed by atoms with Crippen LogP contribution < -0.4 is 10.1 Å². The Hall–Kier alpha value is -2.78. The number of benzene rings is 1. The third kappa shape index (κ3) is 5.56. The lowest BCUT2D eigenvalue weighted by atomic mass is 9.89. The van der Waals surface area contributed by atoms with Gasteiger partial charge in [0.05, 0.1) is 25.4 Å². The molecule has 2 N–H and O–H groups in total. The molecule has 190 valence electrons. The average Bonchev–Trinajstić information content (AvgIpc) is 3.36. The maximum atomic E-state index is 14.1. The van der Waals surface area contributed by atoms with Crippen LogP contribution in [-0.2, 0) is 20.9 Å². The predicted octanol–water partition coefficient (Wildman–Crippen LogP) is 5.51. The molecule has 0 unspecified atom stereocenters. The summed E-state index contributed by atoms with van der Waals surface area (Å²) in [5.41, 5.74) is 1.35. The van der Waals surface area contributed by atoms with E-state index in [0.717, 1.165) is 25.7 Å². The van der Waals surface area contributed by atoms with Gasteiger partial charge in [-0.2, -0.15) is 0 Å². The summed E-state index contributed by atoms with van der Waals surface area (Å²) in [5, 5.41) is 13.1. The number of rotatable bonds is 9. The van der Waals surface area contributed by atoms with E-state index >= 15 is 0 Å². The normalized spacial score (nSPS) is 18.1. The molecule has 0 spiro atoms. The van der Waals surface area contributed by atoms with Gasteiger partial charge in [0.2, 0.25) is 5.88 Å². The average molecular weight is 491 g/mol. The van der Waals surface area contributed by atoms with E-state index in [1.165, 1.54) is 7.11 Å². The minimum atomic E-state index is -2.79. The third-order valence-corrected chi connectivity index (χ3v) is 6.87. The van der Waals surface area contributed by atoms with E-state index in [1.807, 2.05) is 6.07 Å². The smallest absolute Gasteiger partial charge is 0.329 e. The molecule has 1 aliphatic heterocycles. The molecule has 1 aliphatic carbocycles. The van der Waals surface area contributed by atoms with Crippen LogP contribution in [-0.4, -0.2) is 48.0 Å². The largest absolute Gasteiger partial charge is 0.481 e. The minimum Gasteiger partial charge on any atom is -0.481 e. The van der Waals surface area contributed by atoms with Crippen LogP contribution in [0.4, 0.5) is 14.5 Å². The zero-order valence-electron chi connectivity index (χ0n) is 20.1. The van der Waals surface area contributed by atoms with Gasteiger partial charge in [0, 0.05) is 37.4 Å². The molecule has 0 radical (unpaired) electrons. The lowest BCUT2D eigenvalue weighted by molar-refractivity contribution is -0.145. The van der Waals surface area contributed by atoms with Crippen molar-refractivity contribution < 1.29 is 32.9 Å². The molecule has 0 amide bonds. The number of hydrogen-bond acceptors (Lipinski definition) is 6. The van der Waals surface area contributed by atoms with Crippen molar-refractivity contribution in [2.75, 3.05) is 25.6 Å². The van der Waals surface area contributed by atoms with Gasteiger partial charge in [0.25, 0.3) is 6.43 Å². The number of anilines is 1. The van der Waals surface area contributed by atoms with E-state index in [1.54, 1.807) is 25.1 Å². The van der Waals surface area contributed by atoms with Crippen molar-refractivity contribution in [3.63, 3.8) is 0 Å². The van der Waals surface area contributed by atoms with Crippen molar-refractivity contribution in [3.05, 3.63) is 41.1 Å². The first kappa shape index (κ1) is 25.3. The van der Waals surface area contributed by atoms with Crippen molar-refractivity contribution in [1.29, 1.82) is 0 Å². The number of nitrogens with one attached hydrogen (secondary N) is 1. The van der Waals surface area contributed by atoms with Crippen LogP contribution in [0.2, 0.25) is 0 Å². The second kappa shape index (κ2) is 10.9. The van der Waals surface area contributed by atoms with Gasteiger partial charge in [0.1, 0.15) is 5.54 Å². The molecule has 9 heteroatoms. The monoisotopic (exact) mass is 490 g/mol. The Morgan fingerprint density at radius 2 is 1.94 bits per heavy atom. The van der Waals surface area contributed by atoms with Crippen molar-refractivity contribution in [3.8, 4) is 17.0 Å². The maximum Gasteiger partial charge on any atom is 0.329 e. The number of aryl methyl sites for hydroxylation is 1. The highest BCUT2D eigenvalue weighted by Gasteiger charge is 2.40. The zero-order valence-corrected chi connectivity index (χ0v) is 20.1. The Labute approximate surface area is 203 Å². The standard InChI is InChI=1S/C26H32F2N2O5/c1-16-13-21(22(23(27)28)24(29-16)33-2)20-8-7-18(14-17(20)15-35-19-5-3-4-6-19)30-26(25(31)32)9-11-34-12-10-26/h7-8,13-14,19,23,30H,3-6,9-12,15H2,1-2H3,(H,31,32). The number of carboxylic acid groups (broad SMARTS) is 1. The number of carboxylic acids is 1. The Morgan fingerprint density at radius 1 is 1.23 bits per heavy atom. The highest BCUT2D eigenvalue weighted by Crippen LogP contribution is 2.40. The van der Waals surface area contributed by atoms with Crippen molar-refractivity contribution in [1.82, 2.24) is 4.98 Å². The first-order valence-corrected chi connectivity index (χ1v) is 12.0. The molecule has 2 aliphatic rings. The molecule has 1 aromatic heterocycles. The van der Waals surface area contributed by atoms with Gasteiger partial charge in [-0.3, -0.25) is 0 Å². The van der Waals surface area contributed by atoms with Crippen LogP contribution in [0, 0.1) is 6.92 Å². The summed E-state index contributed by atoms with van der Waals surface area (Å²) in [7, 11) is 1.33. The first-order chi connectivity index (χ1) is 16.8. The highest BCUT2D eigenvalue weighted by atomic mass is 19.3. The molecule has 2 fully saturated rings. The summed E-state index contributed by atoms with van der Waals surface area (Å²) in [6, 6.07) is 6.90. The summed E-state index contributed by atoms with van der Waals surface area (Å²) in [6.45, 7) is 2.66. The van der Waals surface area contributed by atoms with Crippen molar-refractivity contribution >= 4 is 11.7 Å². The van der Waals surface area contributed by atoms with Gasteiger partial charge in [-0.25, -0.2) is 18.6 Å². The first-order valence-electron chi connectivity index (χ1n) is 12.0. The molecule has 7 nitrogen and oxygen atoms in total. The van der Waals surface area contributed by atoms with Crippen LogP contribution >= 0.6 is 0 Å². The second-order valence-electron chi connectivity index (χ2n) is 9.25. The molecule has 2 heterocycles. The number of nitrogens with zero attached hydrogens (tertiary/aromatic N) is 1. The fraction of sp³-hybridized carbons (Fsp3) is 0.538. The van der Waals surface area contributed by atoms with E-state index in [9.17, 15) is 18.7 Å². The number of alkyl halides is 2. The quantitative estimate of drug-likeness (QED) is 0.479. The number of pyridine rings is 1. The van der Waals surface area contributed by atoms with Crippen molar-refractivity contribution in [2.45, 2.75) is 70.1 Å².